The predicted molar refractivity (Wildman–Crippen MR) is 76.9 cm³/mol. The number of rotatable bonds is 0. The fourth-order valence-corrected chi connectivity index (χ4v) is 4.70. The number of allylic oxidation sites excluding steroid dienone is 1. The van der Waals surface area contributed by atoms with Crippen LogP contribution in [0.2, 0.25) is 0 Å². The van der Waals surface area contributed by atoms with Crippen LogP contribution in [0, 0.1) is 11.1 Å². The van der Waals surface area contributed by atoms with Gasteiger partial charge in [0.1, 0.15) is 0 Å². The highest BCUT2D eigenvalue weighted by molar-refractivity contribution is 5.92. The number of piperidine rings is 1. The maximum Gasteiger partial charge on any atom is 0.156 e. The molecule has 3 heteroatoms. The Labute approximate surface area is 119 Å². The van der Waals surface area contributed by atoms with E-state index in [1.165, 1.54) is 11.1 Å². The average Bonchev–Trinajstić information content (AvgIpc) is 2.43. The Bertz CT molecular complexity index is 619. The summed E-state index contributed by atoms with van der Waals surface area (Å²) < 4.78 is -0.167. The standard InChI is InChI=1S/C17H19NO2/c1-18(20)9-8-17-11-13(19)6-7-15(17)16(18)10-12-4-2-3-5-14(12)17/h2-7,15-16H,8-11H2,1H3/t15-,16+,17+,18?/m0/s1. The van der Waals surface area contributed by atoms with Crippen molar-refractivity contribution < 1.29 is 9.44 Å². The number of likely N-dealkylation sites (tertiary alicyclic amines) is 1. The minimum atomic E-state index is -0.167. The maximum absolute atomic E-state index is 12.8. The highest BCUT2D eigenvalue weighted by Gasteiger charge is 2.57. The van der Waals surface area contributed by atoms with Gasteiger partial charge in [-0.25, -0.2) is 0 Å². The second kappa shape index (κ2) is 3.80. The third-order valence-corrected chi connectivity index (χ3v) is 5.72. The highest BCUT2D eigenvalue weighted by atomic mass is 16.5. The number of hydroxylamine groups is 3. The molecule has 4 rings (SSSR count). The van der Waals surface area contributed by atoms with Gasteiger partial charge in [0, 0.05) is 30.6 Å². The van der Waals surface area contributed by atoms with Crippen LogP contribution in [0.15, 0.2) is 36.4 Å². The summed E-state index contributed by atoms with van der Waals surface area (Å²) in [6.45, 7) is 0.622. The molecule has 1 heterocycles. The zero-order valence-corrected chi connectivity index (χ0v) is 11.7. The summed E-state index contributed by atoms with van der Waals surface area (Å²) in [7, 11) is 1.80. The summed E-state index contributed by atoms with van der Waals surface area (Å²) in [6.07, 6.45) is 5.96. The number of hydrogen-bond acceptors (Lipinski definition) is 2. The minimum Gasteiger partial charge on any atom is -0.633 e. The van der Waals surface area contributed by atoms with Gasteiger partial charge in [-0.3, -0.25) is 4.79 Å². The molecule has 1 saturated heterocycles. The van der Waals surface area contributed by atoms with E-state index in [1.54, 1.807) is 13.1 Å². The molecule has 1 fully saturated rings. The molecule has 1 aliphatic heterocycles. The number of quaternary nitrogens is 1. The number of carbonyl (C=O) groups excluding carboxylic acids is 1. The molecular weight excluding hydrogens is 250 g/mol. The summed E-state index contributed by atoms with van der Waals surface area (Å²) in [4.78, 5) is 12.0. The van der Waals surface area contributed by atoms with E-state index in [9.17, 15) is 10.0 Å². The van der Waals surface area contributed by atoms with Crippen molar-refractivity contribution in [3.63, 3.8) is 0 Å². The van der Waals surface area contributed by atoms with Crippen LogP contribution in [-0.2, 0) is 16.6 Å². The minimum absolute atomic E-state index is 0.0583. The van der Waals surface area contributed by atoms with Gasteiger partial charge in [0.15, 0.2) is 5.78 Å². The van der Waals surface area contributed by atoms with Crippen molar-refractivity contribution >= 4 is 5.78 Å². The van der Waals surface area contributed by atoms with Gasteiger partial charge in [-0.2, -0.15) is 0 Å². The van der Waals surface area contributed by atoms with E-state index in [-0.39, 0.29) is 27.8 Å². The Kier molecular flexibility index (Phi) is 2.34. The van der Waals surface area contributed by atoms with Crippen LogP contribution in [0.4, 0.5) is 0 Å². The third-order valence-electron chi connectivity index (χ3n) is 5.72. The Balaban J connectivity index is 1.96. The lowest BCUT2D eigenvalue weighted by atomic mass is 9.54. The van der Waals surface area contributed by atoms with Crippen LogP contribution in [0.1, 0.15) is 24.0 Å². The lowest BCUT2D eigenvalue weighted by Crippen LogP contribution is -2.66. The number of benzene rings is 1. The van der Waals surface area contributed by atoms with E-state index < -0.39 is 0 Å². The Hall–Kier alpha value is -1.45. The summed E-state index contributed by atoms with van der Waals surface area (Å²) in [5.41, 5.74) is 2.48. The van der Waals surface area contributed by atoms with Gasteiger partial charge in [0.05, 0.1) is 19.6 Å². The molecule has 20 heavy (non-hydrogen) atoms. The largest absolute Gasteiger partial charge is 0.633 e. The Morgan fingerprint density at radius 1 is 1.35 bits per heavy atom. The molecule has 104 valence electrons. The number of carbonyl (C=O) groups is 1. The lowest BCUT2D eigenvalue weighted by molar-refractivity contribution is -0.898. The van der Waals surface area contributed by atoms with Gasteiger partial charge >= 0.3 is 0 Å². The van der Waals surface area contributed by atoms with Gasteiger partial charge in [-0.15, -0.1) is 0 Å². The van der Waals surface area contributed by atoms with Crippen molar-refractivity contribution in [2.75, 3.05) is 13.6 Å². The first-order valence-electron chi connectivity index (χ1n) is 7.39. The molecule has 2 bridgehead atoms. The fourth-order valence-electron chi connectivity index (χ4n) is 4.70. The summed E-state index contributed by atoms with van der Waals surface area (Å²) >= 11 is 0. The van der Waals surface area contributed by atoms with Crippen molar-refractivity contribution in [2.45, 2.75) is 30.7 Å². The third kappa shape index (κ3) is 1.45. The maximum atomic E-state index is 12.8. The molecular formula is C17H19NO2. The van der Waals surface area contributed by atoms with Gasteiger partial charge in [-0.1, -0.05) is 30.3 Å². The van der Waals surface area contributed by atoms with Gasteiger partial charge in [0.2, 0.25) is 0 Å². The Morgan fingerprint density at radius 3 is 3.00 bits per heavy atom. The molecule has 0 amide bonds. The van der Waals surface area contributed by atoms with E-state index >= 15 is 0 Å². The summed E-state index contributed by atoms with van der Waals surface area (Å²) in [5, 5.41) is 12.8. The lowest BCUT2D eigenvalue weighted by Gasteiger charge is -2.61. The first kappa shape index (κ1) is 12.3. The molecule has 0 saturated carbocycles. The first-order chi connectivity index (χ1) is 9.53. The van der Waals surface area contributed by atoms with E-state index in [1.807, 2.05) is 12.1 Å². The van der Waals surface area contributed by atoms with Crippen molar-refractivity contribution in [3.8, 4) is 0 Å². The monoisotopic (exact) mass is 269 g/mol. The van der Waals surface area contributed by atoms with Crippen LogP contribution in [0.5, 0.6) is 0 Å². The first-order valence-corrected chi connectivity index (χ1v) is 7.39. The highest BCUT2D eigenvalue weighted by Crippen LogP contribution is 2.54. The quantitative estimate of drug-likeness (QED) is 0.536. The number of fused-ring (bicyclic) bond motifs is 1. The van der Waals surface area contributed by atoms with Crippen molar-refractivity contribution in [1.82, 2.24) is 0 Å². The molecule has 0 radical (unpaired) electrons. The molecule has 1 aromatic rings. The number of ketones is 1. The summed E-state index contributed by atoms with van der Waals surface area (Å²) in [5.74, 6) is 0.421. The molecule has 3 nitrogen and oxygen atoms in total. The van der Waals surface area contributed by atoms with Crippen molar-refractivity contribution in [3.05, 3.63) is 52.8 Å². The number of likely N-dealkylation sites (N-methyl/N-ethyl adjacent to an activating group) is 1. The normalized spacial score (nSPS) is 42.0. The molecule has 0 aromatic heterocycles. The molecule has 1 aromatic carbocycles. The van der Waals surface area contributed by atoms with E-state index in [2.05, 4.69) is 18.2 Å². The fraction of sp³-hybridized carbons (Fsp3) is 0.471. The topological polar surface area (TPSA) is 40.1 Å². The number of hydrogen-bond donors (Lipinski definition) is 0. The molecule has 2 aliphatic carbocycles. The van der Waals surface area contributed by atoms with E-state index in [4.69, 9.17) is 0 Å². The van der Waals surface area contributed by atoms with Crippen molar-refractivity contribution in [1.29, 1.82) is 0 Å². The molecule has 3 aliphatic rings. The van der Waals surface area contributed by atoms with E-state index in [0.717, 1.165) is 12.8 Å². The second-order valence-electron chi connectivity index (χ2n) is 6.76. The number of nitrogens with zero attached hydrogens (tertiary/aromatic N) is 1. The summed E-state index contributed by atoms with van der Waals surface area (Å²) in [6, 6.07) is 8.47. The van der Waals surface area contributed by atoms with Crippen LogP contribution in [0.3, 0.4) is 0 Å². The molecule has 4 atom stereocenters. The molecule has 0 spiro atoms. The zero-order valence-electron chi connectivity index (χ0n) is 11.7. The average molecular weight is 269 g/mol. The van der Waals surface area contributed by atoms with Crippen LogP contribution in [-0.4, -0.2) is 30.1 Å². The smallest absolute Gasteiger partial charge is 0.156 e. The van der Waals surface area contributed by atoms with Gasteiger partial charge < -0.3 is 9.85 Å². The van der Waals surface area contributed by atoms with Gasteiger partial charge in [0.25, 0.3) is 0 Å². The van der Waals surface area contributed by atoms with Crippen LogP contribution < -0.4 is 0 Å². The Morgan fingerprint density at radius 2 is 2.15 bits per heavy atom. The van der Waals surface area contributed by atoms with Crippen LogP contribution >= 0.6 is 0 Å². The van der Waals surface area contributed by atoms with Crippen molar-refractivity contribution in [2.24, 2.45) is 5.92 Å². The van der Waals surface area contributed by atoms with E-state index in [0.29, 0.717) is 13.0 Å². The second-order valence-corrected chi connectivity index (χ2v) is 6.76. The zero-order chi connectivity index (χ0) is 14.0. The SMILES string of the molecule is C[N+]1([O-])CC[C@]23CC(=O)C=C[C@H]2[C@H]1Cc1ccccc13. The predicted octanol–water partition coefficient (Wildman–Crippen LogP) is 2.34. The van der Waals surface area contributed by atoms with Gasteiger partial charge in [-0.05, 0) is 17.2 Å². The van der Waals surface area contributed by atoms with Crippen LogP contribution in [0.25, 0.3) is 0 Å². The molecule has 1 unspecified atom stereocenters. The molecule has 0 N–H and O–H groups in total.